The summed E-state index contributed by atoms with van der Waals surface area (Å²) in [6, 6.07) is 9.48. The number of likely N-dealkylation sites (tertiary alicyclic amines) is 1. The summed E-state index contributed by atoms with van der Waals surface area (Å²) in [7, 11) is 3.21. The minimum absolute atomic E-state index is 0.0879. The molecular formula is C19H20BrFN2O3. The molecule has 138 valence electrons. The van der Waals surface area contributed by atoms with Crippen molar-refractivity contribution in [2.24, 2.45) is 0 Å². The number of ether oxygens (including phenoxy) is 2. The zero-order chi connectivity index (χ0) is 18.7. The molecule has 1 fully saturated rings. The number of hydrogen-bond acceptors (Lipinski definition) is 3. The van der Waals surface area contributed by atoms with Gasteiger partial charge in [0.1, 0.15) is 17.3 Å². The summed E-state index contributed by atoms with van der Waals surface area (Å²) in [5.41, 5.74) is 1.47. The molecule has 2 aromatic rings. The van der Waals surface area contributed by atoms with Gasteiger partial charge in [0, 0.05) is 22.6 Å². The molecule has 5 nitrogen and oxygen atoms in total. The molecule has 2 aromatic carbocycles. The molecular weight excluding hydrogens is 403 g/mol. The number of hydrogen-bond donors (Lipinski definition) is 1. The Morgan fingerprint density at radius 1 is 1.23 bits per heavy atom. The maximum Gasteiger partial charge on any atom is 0.322 e. The number of anilines is 1. The first-order chi connectivity index (χ1) is 12.5. The van der Waals surface area contributed by atoms with Gasteiger partial charge in [0.2, 0.25) is 0 Å². The predicted octanol–water partition coefficient (Wildman–Crippen LogP) is 4.97. The second-order valence-corrected chi connectivity index (χ2v) is 6.87. The minimum Gasteiger partial charge on any atom is -0.497 e. The van der Waals surface area contributed by atoms with E-state index in [1.54, 1.807) is 19.1 Å². The average molecular weight is 423 g/mol. The van der Waals surface area contributed by atoms with Gasteiger partial charge in [-0.1, -0.05) is 0 Å². The third-order valence-corrected chi connectivity index (χ3v) is 5.14. The summed E-state index contributed by atoms with van der Waals surface area (Å²) in [6.45, 7) is 0.643. The van der Waals surface area contributed by atoms with E-state index in [-0.39, 0.29) is 17.9 Å². The van der Waals surface area contributed by atoms with Gasteiger partial charge in [0.05, 0.1) is 25.9 Å². The van der Waals surface area contributed by atoms with E-state index in [1.165, 1.54) is 18.2 Å². The van der Waals surface area contributed by atoms with Crippen LogP contribution in [0.3, 0.4) is 0 Å². The van der Waals surface area contributed by atoms with Crippen LogP contribution in [0.15, 0.2) is 40.9 Å². The van der Waals surface area contributed by atoms with E-state index in [4.69, 9.17) is 9.47 Å². The van der Waals surface area contributed by atoms with Gasteiger partial charge in [0.25, 0.3) is 0 Å². The number of carbonyl (C=O) groups excluding carboxylic acids is 1. The molecule has 1 heterocycles. The Bertz CT molecular complexity index is 815. The molecule has 2 amide bonds. The Morgan fingerprint density at radius 2 is 2.04 bits per heavy atom. The van der Waals surface area contributed by atoms with Crippen LogP contribution in [0.4, 0.5) is 14.9 Å². The summed E-state index contributed by atoms with van der Waals surface area (Å²) >= 11 is 3.28. The van der Waals surface area contributed by atoms with Gasteiger partial charge < -0.3 is 19.7 Å². The van der Waals surface area contributed by atoms with Crippen LogP contribution in [0.2, 0.25) is 0 Å². The van der Waals surface area contributed by atoms with E-state index in [2.05, 4.69) is 21.2 Å². The number of amides is 2. The summed E-state index contributed by atoms with van der Waals surface area (Å²) in [5.74, 6) is 1.03. The van der Waals surface area contributed by atoms with Crippen LogP contribution in [0.25, 0.3) is 0 Å². The molecule has 1 aliphatic rings. The number of rotatable bonds is 4. The summed E-state index contributed by atoms with van der Waals surface area (Å²) in [5, 5.41) is 2.85. The number of benzene rings is 2. The lowest BCUT2D eigenvalue weighted by Crippen LogP contribution is -2.34. The van der Waals surface area contributed by atoms with E-state index in [1.807, 2.05) is 18.2 Å². The number of nitrogens with zero attached hydrogens (tertiary/aromatic N) is 1. The third kappa shape index (κ3) is 3.77. The second kappa shape index (κ2) is 7.95. The van der Waals surface area contributed by atoms with E-state index in [0.29, 0.717) is 28.2 Å². The highest BCUT2D eigenvalue weighted by Gasteiger charge is 2.32. The fourth-order valence-corrected chi connectivity index (χ4v) is 3.65. The minimum atomic E-state index is -0.364. The van der Waals surface area contributed by atoms with E-state index >= 15 is 0 Å². The van der Waals surface area contributed by atoms with Crippen molar-refractivity contribution in [1.82, 2.24) is 4.90 Å². The Hall–Kier alpha value is -2.28. The molecule has 7 heteroatoms. The maximum absolute atomic E-state index is 13.2. The van der Waals surface area contributed by atoms with Crippen LogP contribution in [-0.4, -0.2) is 31.7 Å². The van der Waals surface area contributed by atoms with Crippen molar-refractivity contribution >= 4 is 27.6 Å². The molecule has 0 aromatic heterocycles. The molecule has 0 radical (unpaired) electrons. The summed E-state index contributed by atoms with van der Waals surface area (Å²) < 4.78 is 24.5. The first-order valence-electron chi connectivity index (χ1n) is 8.28. The molecule has 1 aliphatic heterocycles. The van der Waals surface area contributed by atoms with Crippen LogP contribution in [0, 0.1) is 5.82 Å². The number of halogens is 2. The lowest BCUT2D eigenvalue weighted by Gasteiger charge is -2.27. The smallest absolute Gasteiger partial charge is 0.322 e. The van der Waals surface area contributed by atoms with Crippen molar-refractivity contribution in [2.75, 3.05) is 26.1 Å². The summed E-state index contributed by atoms with van der Waals surface area (Å²) in [4.78, 5) is 14.6. The Labute approximate surface area is 160 Å². The Balaban J connectivity index is 1.82. The zero-order valence-corrected chi connectivity index (χ0v) is 16.2. The quantitative estimate of drug-likeness (QED) is 0.755. The van der Waals surface area contributed by atoms with Crippen molar-refractivity contribution in [3.63, 3.8) is 0 Å². The van der Waals surface area contributed by atoms with Crippen molar-refractivity contribution in [2.45, 2.75) is 18.9 Å². The first-order valence-corrected chi connectivity index (χ1v) is 9.07. The van der Waals surface area contributed by atoms with E-state index in [0.717, 1.165) is 18.4 Å². The van der Waals surface area contributed by atoms with Crippen LogP contribution in [0.5, 0.6) is 11.5 Å². The molecule has 1 saturated heterocycles. The van der Waals surface area contributed by atoms with Gasteiger partial charge in [-0.2, -0.15) is 0 Å². The van der Waals surface area contributed by atoms with Crippen molar-refractivity contribution < 1.29 is 18.7 Å². The fourth-order valence-electron chi connectivity index (χ4n) is 3.20. The Kier molecular flexibility index (Phi) is 5.66. The number of methoxy groups -OCH3 is 2. The monoisotopic (exact) mass is 422 g/mol. The highest BCUT2D eigenvalue weighted by molar-refractivity contribution is 9.10. The van der Waals surface area contributed by atoms with Gasteiger partial charge in [-0.3, -0.25) is 0 Å². The highest BCUT2D eigenvalue weighted by Crippen LogP contribution is 2.39. The second-order valence-electron chi connectivity index (χ2n) is 6.01. The SMILES string of the molecule is COc1ccc(C2CCCN2C(=O)Nc2ccc(F)cc2Br)c(OC)c1. The number of urea groups is 1. The maximum atomic E-state index is 13.2. The highest BCUT2D eigenvalue weighted by atomic mass is 79.9. The van der Waals surface area contributed by atoms with Crippen molar-refractivity contribution in [3.8, 4) is 11.5 Å². The number of carbonyl (C=O) groups is 1. The molecule has 1 atom stereocenters. The standard InChI is InChI=1S/C19H20BrFN2O3/c1-25-13-6-7-14(18(11-13)26-2)17-4-3-9-23(17)19(24)22-16-8-5-12(21)10-15(16)20/h5-8,10-11,17H,3-4,9H2,1-2H3,(H,22,24). The summed E-state index contributed by atoms with van der Waals surface area (Å²) in [6.07, 6.45) is 1.75. The van der Waals surface area contributed by atoms with Crippen LogP contribution < -0.4 is 14.8 Å². The largest absolute Gasteiger partial charge is 0.497 e. The average Bonchev–Trinajstić information content (AvgIpc) is 3.13. The molecule has 0 bridgehead atoms. The van der Waals surface area contributed by atoms with Crippen LogP contribution in [-0.2, 0) is 0 Å². The van der Waals surface area contributed by atoms with Crippen molar-refractivity contribution in [1.29, 1.82) is 0 Å². The fraction of sp³-hybridized carbons (Fsp3) is 0.316. The topological polar surface area (TPSA) is 50.8 Å². The molecule has 0 spiro atoms. The number of nitrogens with one attached hydrogen (secondary N) is 1. The lowest BCUT2D eigenvalue weighted by atomic mass is 10.0. The Morgan fingerprint density at radius 3 is 2.73 bits per heavy atom. The zero-order valence-electron chi connectivity index (χ0n) is 14.6. The van der Waals surface area contributed by atoms with Gasteiger partial charge in [-0.05, 0) is 59.1 Å². The first kappa shape index (κ1) is 18.5. The van der Waals surface area contributed by atoms with E-state index in [9.17, 15) is 9.18 Å². The molecule has 0 aliphatic carbocycles. The predicted molar refractivity (Wildman–Crippen MR) is 101 cm³/mol. The molecule has 3 rings (SSSR count). The lowest BCUT2D eigenvalue weighted by molar-refractivity contribution is 0.206. The van der Waals surface area contributed by atoms with Gasteiger partial charge in [0.15, 0.2) is 0 Å². The van der Waals surface area contributed by atoms with Crippen LogP contribution >= 0.6 is 15.9 Å². The van der Waals surface area contributed by atoms with E-state index < -0.39 is 0 Å². The van der Waals surface area contributed by atoms with Gasteiger partial charge >= 0.3 is 6.03 Å². The van der Waals surface area contributed by atoms with Gasteiger partial charge in [-0.25, -0.2) is 9.18 Å². The normalized spacial score (nSPS) is 16.5. The molecule has 26 heavy (non-hydrogen) atoms. The van der Waals surface area contributed by atoms with Crippen molar-refractivity contribution in [3.05, 3.63) is 52.3 Å². The van der Waals surface area contributed by atoms with Crippen LogP contribution in [0.1, 0.15) is 24.4 Å². The molecule has 1 unspecified atom stereocenters. The third-order valence-electron chi connectivity index (χ3n) is 4.49. The molecule has 0 saturated carbocycles. The molecule has 1 N–H and O–H groups in total. The van der Waals surface area contributed by atoms with Gasteiger partial charge in [-0.15, -0.1) is 0 Å².